The molecule has 6 heteroatoms. The maximum absolute atomic E-state index is 12.7. The molecule has 0 aliphatic heterocycles. The van der Waals surface area contributed by atoms with Crippen molar-refractivity contribution in [2.45, 2.75) is 6.92 Å². The molecule has 2 aromatic rings. The van der Waals surface area contributed by atoms with Crippen LogP contribution in [0.1, 0.15) is 49.1 Å². The van der Waals surface area contributed by atoms with E-state index in [-0.39, 0.29) is 40.2 Å². The lowest BCUT2D eigenvalue weighted by atomic mass is 9.82. The van der Waals surface area contributed by atoms with Crippen molar-refractivity contribution in [2.24, 2.45) is 0 Å². The topological polar surface area (TPSA) is 101 Å². The highest BCUT2D eigenvalue weighted by Crippen LogP contribution is 2.37. The van der Waals surface area contributed by atoms with Gasteiger partial charge in [0.05, 0.1) is 16.7 Å². The molecule has 0 spiro atoms. The smallest absolute Gasteiger partial charge is 0.338 e. The average molecular weight is 338 g/mol. The van der Waals surface area contributed by atoms with E-state index in [0.29, 0.717) is 0 Å². The molecule has 0 atom stereocenters. The van der Waals surface area contributed by atoms with Crippen LogP contribution in [-0.2, 0) is 4.74 Å². The molecule has 1 aliphatic rings. The van der Waals surface area contributed by atoms with Crippen LogP contribution in [-0.4, -0.2) is 34.4 Å². The van der Waals surface area contributed by atoms with Crippen LogP contribution < -0.4 is 0 Å². The Morgan fingerprint density at radius 1 is 1.04 bits per heavy atom. The number of carbonyl (C=O) groups is 3. The second-order valence-electron chi connectivity index (χ2n) is 5.44. The van der Waals surface area contributed by atoms with E-state index in [1.54, 1.807) is 19.1 Å². The third-order valence-corrected chi connectivity index (χ3v) is 3.89. The number of phenols is 2. The van der Waals surface area contributed by atoms with Crippen LogP contribution in [0.15, 0.2) is 42.5 Å². The lowest BCUT2D eigenvalue weighted by Gasteiger charge is -2.19. The second kappa shape index (κ2) is 6.24. The number of benzene rings is 2. The fourth-order valence-electron chi connectivity index (χ4n) is 2.70. The minimum atomic E-state index is -0.724. The third kappa shape index (κ3) is 2.67. The number of rotatable bonds is 3. The van der Waals surface area contributed by atoms with E-state index in [1.165, 1.54) is 24.3 Å². The normalized spacial score (nSPS) is 12.8. The summed E-state index contributed by atoms with van der Waals surface area (Å²) in [6.45, 7) is 1.83. The quantitative estimate of drug-likeness (QED) is 0.562. The number of ketones is 2. The van der Waals surface area contributed by atoms with Gasteiger partial charge >= 0.3 is 5.97 Å². The summed E-state index contributed by atoms with van der Waals surface area (Å²) in [5.74, 6) is -2.80. The number of fused-ring (bicyclic) bond motifs is 2. The van der Waals surface area contributed by atoms with Gasteiger partial charge in [0, 0.05) is 11.1 Å². The lowest BCUT2D eigenvalue weighted by molar-refractivity contribution is 0.0548. The van der Waals surface area contributed by atoms with Crippen LogP contribution in [0.3, 0.4) is 0 Å². The number of aromatic hydroxyl groups is 2. The molecule has 0 unspecified atom stereocenters. The van der Waals surface area contributed by atoms with E-state index in [2.05, 4.69) is 0 Å². The Morgan fingerprint density at radius 2 is 1.76 bits per heavy atom. The van der Waals surface area contributed by atoms with Gasteiger partial charge in [0.15, 0.2) is 5.78 Å². The molecule has 0 bridgehead atoms. The van der Waals surface area contributed by atoms with Crippen molar-refractivity contribution in [3.8, 4) is 11.5 Å². The fraction of sp³-hybridized carbons (Fsp3) is 0.105. The first-order valence-corrected chi connectivity index (χ1v) is 7.52. The molecule has 0 saturated heterocycles. The highest BCUT2D eigenvalue weighted by molar-refractivity contribution is 6.30. The Balaban J connectivity index is 2.10. The van der Waals surface area contributed by atoms with Crippen molar-refractivity contribution in [2.75, 3.05) is 6.61 Å². The summed E-state index contributed by atoms with van der Waals surface area (Å²) in [5, 5.41) is 20.1. The summed E-state index contributed by atoms with van der Waals surface area (Å²) in [6.07, 6.45) is 3.34. The SMILES string of the molecule is C/C=C/COC(=O)c1cc(O)c2c(c1)C(=O)c1cccc(O)c1C2=O. The third-order valence-electron chi connectivity index (χ3n) is 3.89. The van der Waals surface area contributed by atoms with Gasteiger partial charge < -0.3 is 14.9 Å². The highest BCUT2D eigenvalue weighted by Gasteiger charge is 2.35. The first-order valence-electron chi connectivity index (χ1n) is 7.52. The molecule has 0 saturated carbocycles. The zero-order valence-electron chi connectivity index (χ0n) is 13.3. The summed E-state index contributed by atoms with van der Waals surface area (Å²) in [6, 6.07) is 6.44. The molecule has 3 rings (SSSR count). The monoisotopic (exact) mass is 338 g/mol. The number of hydrogen-bond acceptors (Lipinski definition) is 6. The second-order valence-corrected chi connectivity index (χ2v) is 5.44. The summed E-state index contributed by atoms with van der Waals surface area (Å²) in [4.78, 5) is 37.3. The first kappa shape index (κ1) is 16.4. The molecule has 2 aromatic carbocycles. The number of ether oxygens (including phenoxy) is 1. The minimum absolute atomic E-state index is 0.0244. The molecular weight excluding hydrogens is 324 g/mol. The Hall–Kier alpha value is -3.41. The number of esters is 1. The molecule has 1 aliphatic carbocycles. The maximum atomic E-state index is 12.7. The van der Waals surface area contributed by atoms with Gasteiger partial charge in [-0.1, -0.05) is 24.3 Å². The molecule has 0 amide bonds. The van der Waals surface area contributed by atoms with Gasteiger partial charge in [-0.2, -0.15) is 0 Å². The van der Waals surface area contributed by atoms with Gasteiger partial charge in [-0.05, 0) is 25.1 Å². The van der Waals surface area contributed by atoms with E-state index in [4.69, 9.17) is 4.74 Å². The van der Waals surface area contributed by atoms with Crippen molar-refractivity contribution in [3.63, 3.8) is 0 Å². The van der Waals surface area contributed by atoms with Crippen molar-refractivity contribution in [1.82, 2.24) is 0 Å². The van der Waals surface area contributed by atoms with Crippen LogP contribution in [0.4, 0.5) is 0 Å². The number of phenolic OH excluding ortho intramolecular Hbond substituents is 2. The summed E-state index contributed by atoms with van der Waals surface area (Å²) in [5.41, 5.74) is -0.495. The molecule has 0 aromatic heterocycles. The lowest BCUT2D eigenvalue weighted by Crippen LogP contribution is -2.22. The van der Waals surface area contributed by atoms with E-state index < -0.39 is 23.3 Å². The molecule has 6 nitrogen and oxygen atoms in total. The van der Waals surface area contributed by atoms with Crippen molar-refractivity contribution in [1.29, 1.82) is 0 Å². The minimum Gasteiger partial charge on any atom is -0.507 e. The molecule has 0 fully saturated rings. The number of carbonyl (C=O) groups excluding carboxylic acids is 3. The molecule has 0 heterocycles. The van der Waals surface area contributed by atoms with Crippen LogP contribution in [0.5, 0.6) is 11.5 Å². The van der Waals surface area contributed by atoms with Crippen LogP contribution in [0.25, 0.3) is 0 Å². The highest BCUT2D eigenvalue weighted by atomic mass is 16.5. The van der Waals surface area contributed by atoms with Crippen molar-refractivity contribution >= 4 is 17.5 Å². The van der Waals surface area contributed by atoms with E-state index in [0.717, 1.165) is 6.07 Å². The Labute approximate surface area is 143 Å². The van der Waals surface area contributed by atoms with Gasteiger partial charge in [-0.3, -0.25) is 9.59 Å². The Morgan fingerprint density at radius 3 is 2.48 bits per heavy atom. The van der Waals surface area contributed by atoms with Gasteiger partial charge in [-0.15, -0.1) is 0 Å². The van der Waals surface area contributed by atoms with E-state index in [1.807, 2.05) is 0 Å². The first-order chi connectivity index (χ1) is 12.0. The molecule has 126 valence electrons. The van der Waals surface area contributed by atoms with E-state index in [9.17, 15) is 24.6 Å². The predicted octanol–water partition coefficient (Wildman–Crippen LogP) is 2.61. The molecular formula is C19H14O6. The van der Waals surface area contributed by atoms with Gasteiger partial charge in [0.2, 0.25) is 5.78 Å². The molecule has 2 N–H and O–H groups in total. The summed E-state index contributed by atoms with van der Waals surface area (Å²) >= 11 is 0. The standard InChI is InChI=1S/C19H14O6/c1-2-3-7-25-19(24)10-8-12-16(14(21)9-10)18(23)15-11(17(12)22)5-4-6-13(15)20/h2-6,8-9,20-21H,7H2,1H3/b3-2+. The van der Waals surface area contributed by atoms with E-state index >= 15 is 0 Å². The molecule has 25 heavy (non-hydrogen) atoms. The van der Waals surface area contributed by atoms with Gasteiger partial charge in [0.25, 0.3) is 0 Å². The summed E-state index contributed by atoms with van der Waals surface area (Å²) < 4.78 is 4.99. The average Bonchev–Trinajstić information content (AvgIpc) is 2.59. The summed E-state index contributed by atoms with van der Waals surface area (Å²) in [7, 11) is 0. The largest absolute Gasteiger partial charge is 0.507 e. The molecule has 0 radical (unpaired) electrons. The van der Waals surface area contributed by atoms with Gasteiger partial charge in [0.1, 0.15) is 18.1 Å². The Bertz CT molecular complexity index is 939. The van der Waals surface area contributed by atoms with Crippen LogP contribution in [0.2, 0.25) is 0 Å². The fourth-order valence-corrected chi connectivity index (χ4v) is 2.70. The predicted molar refractivity (Wildman–Crippen MR) is 88.2 cm³/mol. The zero-order valence-corrected chi connectivity index (χ0v) is 13.3. The maximum Gasteiger partial charge on any atom is 0.338 e. The van der Waals surface area contributed by atoms with Crippen LogP contribution >= 0.6 is 0 Å². The van der Waals surface area contributed by atoms with Crippen molar-refractivity contribution in [3.05, 3.63) is 70.3 Å². The van der Waals surface area contributed by atoms with Gasteiger partial charge in [-0.25, -0.2) is 4.79 Å². The number of allylic oxidation sites excluding steroid dienone is 1. The number of hydrogen-bond donors (Lipinski definition) is 2. The van der Waals surface area contributed by atoms with Crippen LogP contribution in [0, 0.1) is 0 Å². The Kier molecular flexibility index (Phi) is 4.10. The zero-order chi connectivity index (χ0) is 18.1. The van der Waals surface area contributed by atoms with Crippen molar-refractivity contribution < 1.29 is 29.3 Å².